The number of allylic oxidation sites excluding steroid dienone is 1. The quantitative estimate of drug-likeness (QED) is 0.491. The van der Waals surface area contributed by atoms with Crippen LogP contribution >= 0.6 is 0 Å². The minimum atomic E-state index is -0.968. The van der Waals surface area contributed by atoms with Gasteiger partial charge in [-0.3, -0.25) is 0 Å². The lowest BCUT2D eigenvalue weighted by molar-refractivity contribution is 0.132. The highest BCUT2D eigenvalue weighted by molar-refractivity contribution is 5.66. The molecule has 2 aliphatic rings. The van der Waals surface area contributed by atoms with Crippen molar-refractivity contribution in [2.24, 2.45) is 17.8 Å². The standard InChI is InChI=1S/C25H27F3O/c1-3-15-4-5-17-13-18(7-6-16(17)12-15)20-10-11-22(25(28)24(20)27)21-9-8-19(29-2)14-23(21)26/h3,8-11,14-18H,1,4-7,12-13H2,2H3. The minimum absolute atomic E-state index is 0.0285. The molecule has 4 rings (SSSR count). The maximum atomic E-state index is 15.0. The van der Waals surface area contributed by atoms with Crippen molar-refractivity contribution in [1.29, 1.82) is 0 Å². The summed E-state index contributed by atoms with van der Waals surface area (Å²) in [5, 5.41) is 0. The first-order valence-electron chi connectivity index (χ1n) is 10.5. The van der Waals surface area contributed by atoms with Crippen LogP contribution in [-0.2, 0) is 0 Å². The summed E-state index contributed by atoms with van der Waals surface area (Å²) in [5.41, 5.74) is 0.427. The molecule has 0 aromatic heterocycles. The summed E-state index contributed by atoms with van der Waals surface area (Å²) in [6, 6.07) is 7.32. The van der Waals surface area contributed by atoms with Gasteiger partial charge in [0.2, 0.25) is 0 Å². The molecule has 0 amide bonds. The second-order valence-electron chi connectivity index (χ2n) is 8.52. The zero-order valence-corrected chi connectivity index (χ0v) is 16.8. The van der Waals surface area contributed by atoms with E-state index in [0.717, 1.165) is 32.1 Å². The molecule has 0 aliphatic heterocycles. The Bertz CT molecular complexity index is 907. The molecule has 154 valence electrons. The van der Waals surface area contributed by atoms with Crippen LogP contribution in [0.4, 0.5) is 13.2 Å². The van der Waals surface area contributed by atoms with Crippen LogP contribution in [0.25, 0.3) is 11.1 Å². The molecule has 2 fully saturated rings. The molecule has 4 unspecified atom stereocenters. The third-order valence-electron chi connectivity index (χ3n) is 7.01. The molecule has 0 saturated heterocycles. The third-order valence-corrected chi connectivity index (χ3v) is 7.01. The average Bonchev–Trinajstić information content (AvgIpc) is 2.75. The SMILES string of the molecule is C=CC1CCC2CC(c3ccc(-c4ccc(OC)cc4F)c(F)c3F)CCC2C1. The van der Waals surface area contributed by atoms with Crippen molar-refractivity contribution in [2.75, 3.05) is 7.11 Å². The van der Waals surface area contributed by atoms with E-state index < -0.39 is 17.5 Å². The molecule has 2 saturated carbocycles. The molecule has 4 heteroatoms. The number of ether oxygens (including phenoxy) is 1. The van der Waals surface area contributed by atoms with Crippen LogP contribution in [0.15, 0.2) is 43.0 Å². The van der Waals surface area contributed by atoms with E-state index in [2.05, 4.69) is 12.7 Å². The number of methoxy groups -OCH3 is 1. The van der Waals surface area contributed by atoms with Gasteiger partial charge in [-0.05, 0) is 79.9 Å². The highest BCUT2D eigenvalue weighted by Gasteiger charge is 2.36. The van der Waals surface area contributed by atoms with E-state index in [-0.39, 0.29) is 17.0 Å². The lowest BCUT2D eigenvalue weighted by atomic mass is 9.64. The van der Waals surface area contributed by atoms with E-state index in [0.29, 0.717) is 29.1 Å². The van der Waals surface area contributed by atoms with Gasteiger partial charge in [-0.15, -0.1) is 6.58 Å². The van der Waals surface area contributed by atoms with E-state index in [1.54, 1.807) is 12.1 Å². The first-order valence-corrected chi connectivity index (χ1v) is 10.5. The molecule has 2 aromatic rings. The monoisotopic (exact) mass is 400 g/mol. The first-order chi connectivity index (χ1) is 14.0. The van der Waals surface area contributed by atoms with Crippen molar-refractivity contribution in [1.82, 2.24) is 0 Å². The van der Waals surface area contributed by atoms with E-state index in [9.17, 15) is 8.78 Å². The Morgan fingerprint density at radius 1 is 0.897 bits per heavy atom. The lowest BCUT2D eigenvalue weighted by Gasteiger charge is -2.41. The highest BCUT2D eigenvalue weighted by Crippen LogP contribution is 2.48. The largest absolute Gasteiger partial charge is 0.497 e. The number of halogens is 3. The Kier molecular flexibility index (Phi) is 5.71. The van der Waals surface area contributed by atoms with Gasteiger partial charge in [0.1, 0.15) is 11.6 Å². The number of fused-ring (bicyclic) bond motifs is 1. The summed E-state index contributed by atoms with van der Waals surface area (Å²) in [7, 11) is 1.43. The van der Waals surface area contributed by atoms with Gasteiger partial charge in [-0.2, -0.15) is 0 Å². The molecule has 2 aliphatic carbocycles. The fourth-order valence-corrected chi connectivity index (χ4v) is 5.35. The molecule has 0 N–H and O–H groups in total. The van der Waals surface area contributed by atoms with Crippen LogP contribution < -0.4 is 4.74 Å². The molecule has 29 heavy (non-hydrogen) atoms. The zero-order chi connectivity index (χ0) is 20.5. The first kappa shape index (κ1) is 20.1. The van der Waals surface area contributed by atoms with Gasteiger partial charge in [0.25, 0.3) is 0 Å². The summed E-state index contributed by atoms with van der Waals surface area (Å²) in [6.45, 7) is 3.93. The van der Waals surface area contributed by atoms with Gasteiger partial charge in [-0.1, -0.05) is 18.2 Å². The molecular weight excluding hydrogens is 373 g/mol. The number of benzene rings is 2. The van der Waals surface area contributed by atoms with Crippen molar-refractivity contribution in [3.05, 3.63) is 66.0 Å². The molecule has 4 atom stereocenters. The van der Waals surface area contributed by atoms with Crippen molar-refractivity contribution >= 4 is 0 Å². The van der Waals surface area contributed by atoms with Gasteiger partial charge in [-0.25, -0.2) is 13.2 Å². The van der Waals surface area contributed by atoms with Crippen molar-refractivity contribution in [3.63, 3.8) is 0 Å². The summed E-state index contributed by atoms with van der Waals surface area (Å²) in [4.78, 5) is 0. The van der Waals surface area contributed by atoms with Gasteiger partial charge in [0, 0.05) is 17.2 Å². The van der Waals surface area contributed by atoms with Gasteiger partial charge in [0.05, 0.1) is 7.11 Å². The topological polar surface area (TPSA) is 9.23 Å². The maximum Gasteiger partial charge on any atom is 0.167 e. The summed E-state index contributed by atoms with van der Waals surface area (Å²) < 4.78 is 49.3. The number of hydrogen-bond donors (Lipinski definition) is 0. The second-order valence-corrected chi connectivity index (χ2v) is 8.52. The Hall–Kier alpha value is -2.23. The van der Waals surface area contributed by atoms with Crippen molar-refractivity contribution < 1.29 is 17.9 Å². The fourth-order valence-electron chi connectivity index (χ4n) is 5.35. The van der Waals surface area contributed by atoms with Crippen molar-refractivity contribution in [2.45, 2.75) is 44.4 Å². The predicted molar refractivity (Wildman–Crippen MR) is 109 cm³/mol. The van der Waals surface area contributed by atoms with E-state index >= 15 is 4.39 Å². The van der Waals surface area contributed by atoms with Crippen LogP contribution in [-0.4, -0.2) is 7.11 Å². The van der Waals surface area contributed by atoms with Crippen molar-refractivity contribution in [3.8, 4) is 16.9 Å². The number of rotatable bonds is 4. The van der Waals surface area contributed by atoms with Gasteiger partial charge >= 0.3 is 0 Å². The number of hydrogen-bond acceptors (Lipinski definition) is 1. The minimum Gasteiger partial charge on any atom is -0.497 e. The van der Waals surface area contributed by atoms with E-state index in [1.165, 1.54) is 31.7 Å². The predicted octanol–water partition coefficient (Wildman–Crippen LogP) is 7.27. The lowest BCUT2D eigenvalue weighted by Crippen LogP contribution is -2.30. The molecule has 0 heterocycles. The maximum absolute atomic E-state index is 15.0. The Balaban J connectivity index is 1.58. The summed E-state index contributed by atoms with van der Waals surface area (Å²) in [6.07, 6.45) is 8.34. The van der Waals surface area contributed by atoms with Crippen LogP contribution in [0.3, 0.4) is 0 Å². The molecule has 2 aromatic carbocycles. The normalized spacial score (nSPS) is 26.6. The Morgan fingerprint density at radius 2 is 1.62 bits per heavy atom. The second kappa shape index (κ2) is 8.25. The molecule has 0 bridgehead atoms. The van der Waals surface area contributed by atoms with Gasteiger partial charge < -0.3 is 4.74 Å². The van der Waals surface area contributed by atoms with Crippen LogP contribution in [0.1, 0.15) is 50.0 Å². The molecular formula is C25H27F3O. The summed E-state index contributed by atoms with van der Waals surface area (Å²) in [5.74, 6) is -0.220. The fraction of sp³-hybridized carbons (Fsp3) is 0.440. The molecule has 0 radical (unpaired) electrons. The molecule has 1 nitrogen and oxygen atoms in total. The molecule has 0 spiro atoms. The highest BCUT2D eigenvalue weighted by atomic mass is 19.2. The van der Waals surface area contributed by atoms with Crippen LogP contribution in [0.5, 0.6) is 5.75 Å². The van der Waals surface area contributed by atoms with Gasteiger partial charge in [0.15, 0.2) is 11.6 Å². The summed E-state index contributed by atoms with van der Waals surface area (Å²) >= 11 is 0. The van der Waals surface area contributed by atoms with Crippen LogP contribution in [0, 0.1) is 35.2 Å². The third kappa shape index (κ3) is 3.82. The smallest absolute Gasteiger partial charge is 0.167 e. The van der Waals surface area contributed by atoms with E-state index in [4.69, 9.17) is 4.74 Å². The van der Waals surface area contributed by atoms with E-state index in [1.807, 2.05) is 0 Å². The Labute approximate surface area is 170 Å². The van der Waals surface area contributed by atoms with Crippen LogP contribution in [0.2, 0.25) is 0 Å². The average molecular weight is 400 g/mol. The zero-order valence-electron chi connectivity index (χ0n) is 16.8. The Morgan fingerprint density at radius 3 is 2.34 bits per heavy atom.